The van der Waals surface area contributed by atoms with E-state index in [0.717, 1.165) is 25.9 Å². The van der Waals surface area contributed by atoms with E-state index < -0.39 is 11.8 Å². The predicted molar refractivity (Wildman–Crippen MR) is 97.0 cm³/mol. The molecule has 3 heterocycles. The lowest BCUT2D eigenvalue weighted by molar-refractivity contribution is -0.135. The van der Waals surface area contributed by atoms with Gasteiger partial charge in [0.25, 0.3) is 5.78 Å². The van der Waals surface area contributed by atoms with Gasteiger partial charge in [-0.05, 0) is 41.1 Å². The number of carbonyl (C=O) groups excluding carboxylic acids is 2. The highest BCUT2D eigenvalue weighted by atomic mass is 79.9. The lowest BCUT2D eigenvalue weighted by Crippen LogP contribution is -2.40. The van der Waals surface area contributed by atoms with Crippen LogP contribution >= 0.6 is 15.9 Å². The number of piperidine rings is 1. The number of ketones is 1. The van der Waals surface area contributed by atoms with Crippen LogP contribution in [-0.2, 0) is 9.53 Å². The summed E-state index contributed by atoms with van der Waals surface area (Å²) in [4.78, 5) is 31.1. The number of rotatable bonds is 3. The Balaban J connectivity index is 2.19. The second kappa shape index (κ2) is 6.40. The van der Waals surface area contributed by atoms with Crippen LogP contribution in [0.5, 0.6) is 0 Å². The fraction of sp³-hybridized carbons (Fsp3) is 0.529. The Morgan fingerprint density at radius 3 is 2.52 bits per heavy atom. The van der Waals surface area contributed by atoms with Crippen LogP contribution in [-0.4, -0.2) is 46.5 Å². The Morgan fingerprint density at radius 1 is 1.28 bits per heavy atom. The molecule has 1 aliphatic heterocycles. The van der Waals surface area contributed by atoms with Crippen molar-refractivity contribution in [3.8, 4) is 0 Å². The van der Waals surface area contributed by atoms with Crippen LogP contribution in [0, 0.1) is 12.3 Å². The first-order valence-corrected chi connectivity index (χ1v) is 8.96. The van der Waals surface area contributed by atoms with Gasteiger partial charge in [-0.15, -0.1) is 0 Å². The third-order valence-electron chi connectivity index (χ3n) is 4.74. The minimum Gasteiger partial charge on any atom is -0.463 e. The molecule has 0 bridgehead atoms. The second-order valence-electron chi connectivity index (χ2n) is 7.10. The van der Waals surface area contributed by atoms with Gasteiger partial charge in [0.15, 0.2) is 5.65 Å². The van der Waals surface area contributed by atoms with E-state index in [-0.39, 0.29) is 11.0 Å². The van der Waals surface area contributed by atoms with E-state index in [1.165, 1.54) is 7.11 Å². The zero-order valence-corrected chi connectivity index (χ0v) is 16.4. The summed E-state index contributed by atoms with van der Waals surface area (Å²) in [6, 6.07) is 1.79. The number of ether oxygens (including phenoxy) is 1. The topological polar surface area (TPSA) is 76.8 Å². The molecule has 2 aromatic rings. The van der Waals surface area contributed by atoms with Gasteiger partial charge in [-0.2, -0.15) is 9.61 Å². The Labute approximate surface area is 154 Å². The van der Waals surface area contributed by atoms with Gasteiger partial charge in [0.1, 0.15) is 10.4 Å². The van der Waals surface area contributed by atoms with Crippen molar-refractivity contribution in [1.82, 2.24) is 14.6 Å². The maximum atomic E-state index is 12.6. The summed E-state index contributed by atoms with van der Waals surface area (Å²) in [6.07, 6.45) is 1.98. The number of aryl methyl sites for hydroxylation is 1. The number of hydrogen-bond donors (Lipinski definition) is 0. The van der Waals surface area contributed by atoms with Crippen LogP contribution in [0.25, 0.3) is 5.65 Å². The lowest BCUT2D eigenvalue weighted by Gasteiger charge is -2.38. The van der Waals surface area contributed by atoms with Gasteiger partial charge in [-0.1, -0.05) is 13.8 Å². The van der Waals surface area contributed by atoms with Crippen molar-refractivity contribution >= 4 is 39.1 Å². The van der Waals surface area contributed by atoms with Crippen molar-refractivity contribution in [2.45, 2.75) is 33.6 Å². The molecule has 0 amide bonds. The number of hydrogen-bond acceptors (Lipinski definition) is 6. The highest BCUT2D eigenvalue weighted by Gasteiger charge is 2.33. The Kier molecular flexibility index (Phi) is 4.57. The van der Waals surface area contributed by atoms with Crippen molar-refractivity contribution in [2.24, 2.45) is 5.41 Å². The van der Waals surface area contributed by atoms with E-state index in [0.29, 0.717) is 21.8 Å². The normalized spacial score (nSPS) is 16.9. The van der Waals surface area contributed by atoms with E-state index in [9.17, 15) is 9.59 Å². The minimum atomic E-state index is -0.894. The van der Waals surface area contributed by atoms with Gasteiger partial charge in [0.2, 0.25) is 0 Å². The van der Waals surface area contributed by atoms with Gasteiger partial charge in [0, 0.05) is 19.2 Å². The first-order chi connectivity index (χ1) is 11.7. The first-order valence-electron chi connectivity index (χ1n) is 8.17. The molecule has 0 spiro atoms. The van der Waals surface area contributed by atoms with E-state index in [1.807, 2.05) is 0 Å². The van der Waals surface area contributed by atoms with Crippen LogP contribution in [0.2, 0.25) is 0 Å². The van der Waals surface area contributed by atoms with Crippen LogP contribution < -0.4 is 4.90 Å². The maximum absolute atomic E-state index is 12.6. The third-order valence-corrected chi connectivity index (χ3v) is 5.13. The van der Waals surface area contributed by atoms with E-state index in [1.54, 1.807) is 17.5 Å². The maximum Gasteiger partial charge on any atom is 0.379 e. The third kappa shape index (κ3) is 3.27. The SMILES string of the molecule is COC(=O)C(=O)c1c(C)nc2cc(Br)nn2c1N1CCC(C)(C)CC1. The quantitative estimate of drug-likeness (QED) is 0.441. The van der Waals surface area contributed by atoms with Crippen molar-refractivity contribution < 1.29 is 14.3 Å². The lowest BCUT2D eigenvalue weighted by atomic mass is 9.82. The number of anilines is 1. The summed E-state index contributed by atoms with van der Waals surface area (Å²) >= 11 is 3.36. The van der Waals surface area contributed by atoms with Crippen LogP contribution in [0.15, 0.2) is 10.7 Å². The van der Waals surface area contributed by atoms with Crippen LogP contribution in [0.4, 0.5) is 5.82 Å². The number of nitrogens with zero attached hydrogens (tertiary/aromatic N) is 4. The highest BCUT2D eigenvalue weighted by molar-refractivity contribution is 9.10. The fourth-order valence-corrected chi connectivity index (χ4v) is 3.51. The minimum absolute atomic E-state index is 0.259. The molecule has 0 unspecified atom stereocenters. The predicted octanol–water partition coefficient (Wildman–Crippen LogP) is 2.78. The molecule has 0 atom stereocenters. The number of esters is 1. The van der Waals surface area contributed by atoms with Crippen molar-refractivity contribution in [3.05, 3.63) is 21.9 Å². The molecule has 1 saturated heterocycles. The Hall–Kier alpha value is -1.96. The number of methoxy groups -OCH3 is 1. The smallest absolute Gasteiger partial charge is 0.379 e. The average molecular weight is 409 g/mol. The molecule has 0 aliphatic carbocycles. The molecular weight excluding hydrogens is 388 g/mol. The number of halogens is 1. The number of aromatic nitrogens is 3. The summed E-state index contributed by atoms with van der Waals surface area (Å²) in [5, 5.41) is 4.42. The van der Waals surface area contributed by atoms with Gasteiger partial charge >= 0.3 is 5.97 Å². The molecule has 25 heavy (non-hydrogen) atoms. The molecule has 3 rings (SSSR count). The fourth-order valence-electron chi connectivity index (χ4n) is 3.15. The zero-order valence-electron chi connectivity index (χ0n) is 14.8. The van der Waals surface area contributed by atoms with Gasteiger partial charge < -0.3 is 9.64 Å². The van der Waals surface area contributed by atoms with Crippen molar-refractivity contribution in [2.75, 3.05) is 25.1 Å². The Morgan fingerprint density at radius 2 is 1.92 bits per heavy atom. The molecular formula is C17H21BrN4O3. The second-order valence-corrected chi connectivity index (χ2v) is 7.92. The molecule has 0 radical (unpaired) electrons. The summed E-state index contributed by atoms with van der Waals surface area (Å²) in [7, 11) is 1.20. The average Bonchev–Trinajstić information content (AvgIpc) is 2.92. The number of carbonyl (C=O) groups is 2. The molecule has 134 valence electrons. The molecule has 8 heteroatoms. The van der Waals surface area contributed by atoms with E-state index in [4.69, 9.17) is 0 Å². The molecule has 0 aromatic carbocycles. The monoisotopic (exact) mass is 408 g/mol. The van der Waals surface area contributed by atoms with Crippen LogP contribution in [0.1, 0.15) is 42.7 Å². The summed E-state index contributed by atoms with van der Waals surface area (Å²) in [5.41, 5.74) is 1.64. The van der Waals surface area contributed by atoms with Crippen molar-refractivity contribution in [3.63, 3.8) is 0 Å². The highest BCUT2D eigenvalue weighted by Crippen LogP contribution is 2.34. The summed E-state index contributed by atoms with van der Waals surface area (Å²) < 4.78 is 6.90. The van der Waals surface area contributed by atoms with E-state index in [2.05, 4.69) is 49.5 Å². The largest absolute Gasteiger partial charge is 0.463 e. The summed E-state index contributed by atoms with van der Waals surface area (Å²) in [6.45, 7) is 7.77. The zero-order chi connectivity index (χ0) is 18.4. The van der Waals surface area contributed by atoms with Gasteiger partial charge in [-0.25, -0.2) is 9.78 Å². The number of Topliss-reactive ketones (excluding diaryl/α,β-unsaturated/α-hetero) is 1. The number of fused-ring (bicyclic) bond motifs is 1. The standard InChI is InChI=1S/C17H21BrN4O3/c1-10-13(14(23)16(24)25-4)15(21-7-5-17(2,3)6-8-21)22-12(19-10)9-11(18)20-22/h9H,5-8H2,1-4H3. The molecule has 0 saturated carbocycles. The molecule has 2 aromatic heterocycles. The molecule has 1 fully saturated rings. The molecule has 7 nitrogen and oxygen atoms in total. The van der Waals surface area contributed by atoms with E-state index >= 15 is 0 Å². The van der Waals surface area contributed by atoms with Crippen molar-refractivity contribution in [1.29, 1.82) is 0 Å². The molecule has 1 aliphatic rings. The van der Waals surface area contributed by atoms with Gasteiger partial charge in [-0.3, -0.25) is 4.79 Å². The first kappa shape index (κ1) is 17.8. The van der Waals surface area contributed by atoms with Crippen LogP contribution in [0.3, 0.4) is 0 Å². The molecule has 0 N–H and O–H groups in total. The summed E-state index contributed by atoms with van der Waals surface area (Å²) in [5.74, 6) is -0.978. The Bertz CT molecular complexity index is 849. The van der Waals surface area contributed by atoms with Gasteiger partial charge in [0.05, 0.1) is 18.4 Å².